The molecule has 3 nitrogen and oxygen atoms in total. The number of hydrogen-bond donors (Lipinski definition) is 1. The molecule has 0 saturated carbocycles. The second kappa shape index (κ2) is 9.19. The van der Waals surface area contributed by atoms with Gasteiger partial charge < -0.3 is 14.8 Å². The smallest absolute Gasteiger partial charge is 0.0949 e. The zero-order valence-electron chi connectivity index (χ0n) is 13.4. The lowest BCUT2D eigenvalue weighted by molar-refractivity contribution is -0.0113. The second-order valence-electron chi connectivity index (χ2n) is 5.99. The molecule has 1 atom stereocenters. The SMILES string of the molecule is CCCNCC(OCC1CCOCC1)c1ccc(C)cc1. The molecule has 21 heavy (non-hydrogen) atoms. The van der Waals surface area contributed by atoms with E-state index in [0.717, 1.165) is 52.2 Å². The molecular formula is C18H29NO2. The van der Waals surface area contributed by atoms with Gasteiger partial charge in [-0.3, -0.25) is 0 Å². The highest BCUT2D eigenvalue weighted by Gasteiger charge is 2.18. The summed E-state index contributed by atoms with van der Waals surface area (Å²) >= 11 is 0. The van der Waals surface area contributed by atoms with E-state index >= 15 is 0 Å². The number of hydrogen-bond acceptors (Lipinski definition) is 3. The third-order valence-corrected chi connectivity index (χ3v) is 4.08. The van der Waals surface area contributed by atoms with E-state index in [0.29, 0.717) is 5.92 Å². The van der Waals surface area contributed by atoms with Crippen LogP contribution in [0.2, 0.25) is 0 Å². The molecule has 1 heterocycles. The van der Waals surface area contributed by atoms with Crippen LogP contribution in [0.3, 0.4) is 0 Å². The van der Waals surface area contributed by atoms with Gasteiger partial charge in [-0.25, -0.2) is 0 Å². The Bertz CT molecular complexity index is 385. The maximum Gasteiger partial charge on any atom is 0.0949 e. The molecule has 1 aliphatic rings. The second-order valence-corrected chi connectivity index (χ2v) is 5.99. The Balaban J connectivity index is 1.89. The Kier molecular flexibility index (Phi) is 7.20. The van der Waals surface area contributed by atoms with Crippen molar-refractivity contribution in [2.75, 3.05) is 32.9 Å². The van der Waals surface area contributed by atoms with Gasteiger partial charge in [-0.15, -0.1) is 0 Å². The first-order valence-corrected chi connectivity index (χ1v) is 8.26. The summed E-state index contributed by atoms with van der Waals surface area (Å²) in [5.41, 5.74) is 2.57. The first-order valence-electron chi connectivity index (χ1n) is 8.26. The monoisotopic (exact) mass is 291 g/mol. The molecule has 0 radical (unpaired) electrons. The standard InChI is InChI=1S/C18H29NO2/c1-3-10-19-13-18(17-6-4-15(2)5-7-17)21-14-16-8-11-20-12-9-16/h4-7,16,18-19H,3,8-14H2,1-2H3. The summed E-state index contributed by atoms with van der Waals surface area (Å²) in [6.07, 6.45) is 3.56. The summed E-state index contributed by atoms with van der Waals surface area (Å²) in [5, 5.41) is 3.49. The van der Waals surface area contributed by atoms with Gasteiger partial charge in [0, 0.05) is 19.8 Å². The quantitative estimate of drug-likeness (QED) is 0.744. The maximum absolute atomic E-state index is 6.24. The number of ether oxygens (including phenoxy) is 2. The molecule has 1 saturated heterocycles. The zero-order valence-corrected chi connectivity index (χ0v) is 13.4. The topological polar surface area (TPSA) is 30.5 Å². The molecule has 3 heteroatoms. The van der Waals surface area contributed by atoms with Crippen LogP contribution in [0, 0.1) is 12.8 Å². The molecule has 1 aromatic carbocycles. The molecule has 0 bridgehead atoms. The predicted octanol–water partition coefficient (Wildman–Crippen LogP) is 3.48. The van der Waals surface area contributed by atoms with E-state index in [2.05, 4.69) is 43.4 Å². The van der Waals surface area contributed by atoms with Crippen LogP contribution in [0.25, 0.3) is 0 Å². The third-order valence-electron chi connectivity index (χ3n) is 4.08. The average Bonchev–Trinajstić information content (AvgIpc) is 2.53. The zero-order chi connectivity index (χ0) is 14.9. The van der Waals surface area contributed by atoms with Crippen LogP contribution >= 0.6 is 0 Å². The lowest BCUT2D eigenvalue weighted by Crippen LogP contribution is -2.27. The van der Waals surface area contributed by atoms with Crippen molar-refractivity contribution in [3.8, 4) is 0 Å². The van der Waals surface area contributed by atoms with Crippen molar-refractivity contribution >= 4 is 0 Å². The van der Waals surface area contributed by atoms with E-state index in [1.807, 2.05) is 0 Å². The van der Waals surface area contributed by atoms with E-state index in [1.54, 1.807) is 0 Å². The van der Waals surface area contributed by atoms with Gasteiger partial charge in [-0.2, -0.15) is 0 Å². The predicted molar refractivity (Wildman–Crippen MR) is 86.6 cm³/mol. The van der Waals surface area contributed by atoms with Gasteiger partial charge in [0.25, 0.3) is 0 Å². The van der Waals surface area contributed by atoms with Crippen molar-refractivity contribution in [2.45, 2.75) is 39.2 Å². The van der Waals surface area contributed by atoms with Gasteiger partial charge in [0.2, 0.25) is 0 Å². The highest BCUT2D eigenvalue weighted by molar-refractivity contribution is 5.23. The van der Waals surface area contributed by atoms with E-state index in [9.17, 15) is 0 Å². The first kappa shape index (κ1) is 16.5. The summed E-state index contributed by atoms with van der Waals surface area (Å²) in [5.74, 6) is 0.651. The highest BCUT2D eigenvalue weighted by atomic mass is 16.5. The molecular weight excluding hydrogens is 262 g/mol. The third kappa shape index (κ3) is 5.77. The van der Waals surface area contributed by atoms with Crippen LogP contribution < -0.4 is 5.32 Å². The van der Waals surface area contributed by atoms with E-state index in [-0.39, 0.29) is 6.10 Å². The molecule has 2 rings (SSSR count). The molecule has 1 aromatic rings. The van der Waals surface area contributed by atoms with Crippen LogP contribution in [0.15, 0.2) is 24.3 Å². The summed E-state index contributed by atoms with van der Waals surface area (Å²) in [7, 11) is 0. The Labute approximate surface area is 129 Å². The van der Waals surface area contributed by atoms with Crippen LogP contribution in [0.4, 0.5) is 0 Å². The minimum atomic E-state index is 0.153. The Morgan fingerprint density at radius 3 is 2.62 bits per heavy atom. The average molecular weight is 291 g/mol. The van der Waals surface area contributed by atoms with Crippen molar-refractivity contribution in [3.63, 3.8) is 0 Å². The van der Waals surface area contributed by atoms with Gasteiger partial charge in [-0.1, -0.05) is 36.8 Å². The van der Waals surface area contributed by atoms with Gasteiger partial charge in [0.15, 0.2) is 0 Å². The largest absolute Gasteiger partial charge is 0.381 e. The Morgan fingerprint density at radius 1 is 1.24 bits per heavy atom. The lowest BCUT2D eigenvalue weighted by atomic mass is 10.0. The van der Waals surface area contributed by atoms with Crippen molar-refractivity contribution in [3.05, 3.63) is 35.4 Å². The number of nitrogens with one attached hydrogen (secondary N) is 1. The Morgan fingerprint density at radius 2 is 1.95 bits per heavy atom. The molecule has 0 spiro atoms. The van der Waals surface area contributed by atoms with Gasteiger partial charge in [0.1, 0.15) is 0 Å². The van der Waals surface area contributed by atoms with Crippen LogP contribution in [0.5, 0.6) is 0 Å². The fourth-order valence-electron chi connectivity index (χ4n) is 2.63. The van der Waals surface area contributed by atoms with E-state index in [4.69, 9.17) is 9.47 Å². The van der Waals surface area contributed by atoms with Gasteiger partial charge >= 0.3 is 0 Å². The summed E-state index contributed by atoms with van der Waals surface area (Å²) in [4.78, 5) is 0. The maximum atomic E-state index is 6.24. The Hall–Kier alpha value is -0.900. The normalized spacial score (nSPS) is 17.8. The lowest BCUT2D eigenvalue weighted by Gasteiger charge is -2.25. The van der Waals surface area contributed by atoms with Crippen LogP contribution in [-0.4, -0.2) is 32.9 Å². The van der Waals surface area contributed by atoms with E-state index in [1.165, 1.54) is 11.1 Å². The minimum Gasteiger partial charge on any atom is -0.381 e. The van der Waals surface area contributed by atoms with E-state index < -0.39 is 0 Å². The van der Waals surface area contributed by atoms with Crippen molar-refractivity contribution in [1.82, 2.24) is 5.32 Å². The number of aryl methyl sites for hydroxylation is 1. The van der Waals surface area contributed by atoms with Gasteiger partial charge in [0.05, 0.1) is 12.7 Å². The highest BCUT2D eigenvalue weighted by Crippen LogP contribution is 2.22. The molecule has 1 fully saturated rings. The molecule has 0 aromatic heterocycles. The molecule has 0 aliphatic carbocycles. The fraction of sp³-hybridized carbons (Fsp3) is 0.667. The summed E-state index contributed by atoms with van der Waals surface area (Å²) < 4.78 is 11.7. The fourth-order valence-corrected chi connectivity index (χ4v) is 2.63. The summed E-state index contributed by atoms with van der Waals surface area (Å²) in [6, 6.07) is 8.72. The van der Waals surface area contributed by atoms with Crippen LogP contribution in [0.1, 0.15) is 43.4 Å². The van der Waals surface area contributed by atoms with Crippen molar-refractivity contribution in [1.29, 1.82) is 0 Å². The number of benzene rings is 1. The van der Waals surface area contributed by atoms with Crippen LogP contribution in [-0.2, 0) is 9.47 Å². The summed E-state index contributed by atoms with van der Waals surface area (Å²) in [6.45, 7) is 8.86. The molecule has 1 unspecified atom stereocenters. The molecule has 1 N–H and O–H groups in total. The first-order chi connectivity index (χ1) is 10.3. The molecule has 1 aliphatic heterocycles. The molecule has 0 amide bonds. The van der Waals surface area contributed by atoms with Gasteiger partial charge in [-0.05, 0) is 44.2 Å². The molecule has 118 valence electrons. The van der Waals surface area contributed by atoms with Crippen molar-refractivity contribution in [2.24, 2.45) is 5.92 Å². The van der Waals surface area contributed by atoms with Crippen molar-refractivity contribution < 1.29 is 9.47 Å². The number of rotatable bonds is 8. The minimum absolute atomic E-state index is 0.153.